The lowest BCUT2D eigenvalue weighted by Gasteiger charge is -2.17. The first-order valence-electron chi connectivity index (χ1n) is 8.67. The van der Waals surface area contributed by atoms with Crippen LogP contribution in [-0.4, -0.2) is 18.9 Å². The molecular weight excluding hydrogens is 381 g/mol. The number of carbonyl (C=O) groups is 2. The summed E-state index contributed by atoms with van der Waals surface area (Å²) in [6.07, 6.45) is -4.44. The lowest BCUT2D eigenvalue weighted by Crippen LogP contribution is -2.26. The van der Waals surface area contributed by atoms with Crippen LogP contribution in [0.25, 0.3) is 0 Å². The number of amides is 2. The van der Waals surface area contributed by atoms with Crippen molar-refractivity contribution in [3.63, 3.8) is 0 Å². The van der Waals surface area contributed by atoms with Gasteiger partial charge >= 0.3 is 6.18 Å². The summed E-state index contributed by atoms with van der Waals surface area (Å²) < 4.78 is 37.9. The summed E-state index contributed by atoms with van der Waals surface area (Å²) in [5.74, 6) is -0.817. The highest BCUT2D eigenvalue weighted by atomic mass is 19.4. The molecule has 148 valence electrons. The zero-order chi connectivity index (χ0) is 21.0. The molecule has 4 nitrogen and oxygen atoms in total. The average Bonchev–Trinajstić information content (AvgIpc) is 2.73. The van der Waals surface area contributed by atoms with Crippen molar-refractivity contribution in [3.05, 3.63) is 95.6 Å². The van der Waals surface area contributed by atoms with Crippen LogP contribution in [0.3, 0.4) is 0 Å². The molecule has 0 aliphatic heterocycles. The summed E-state index contributed by atoms with van der Waals surface area (Å²) in [7, 11) is 1.63. The van der Waals surface area contributed by atoms with Crippen molar-refractivity contribution in [2.75, 3.05) is 17.3 Å². The van der Waals surface area contributed by atoms with Gasteiger partial charge in [0.25, 0.3) is 11.8 Å². The molecule has 0 spiro atoms. The molecule has 2 amide bonds. The molecular formula is C22H17F3N2O2. The lowest BCUT2D eigenvalue weighted by molar-refractivity contribution is -0.137. The van der Waals surface area contributed by atoms with Gasteiger partial charge in [0.05, 0.1) is 5.56 Å². The van der Waals surface area contributed by atoms with Crippen LogP contribution in [0.5, 0.6) is 0 Å². The number of para-hydroxylation sites is 1. The van der Waals surface area contributed by atoms with Gasteiger partial charge in [-0.2, -0.15) is 13.2 Å². The van der Waals surface area contributed by atoms with Gasteiger partial charge in [-0.25, -0.2) is 0 Å². The first kappa shape index (κ1) is 20.1. The molecule has 0 atom stereocenters. The van der Waals surface area contributed by atoms with Gasteiger partial charge in [-0.15, -0.1) is 0 Å². The van der Waals surface area contributed by atoms with Gasteiger partial charge in [0.15, 0.2) is 0 Å². The van der Waals surface area contributed by atoms with Gasteiger partial charge in [0.1, 0.15) is 0 Å². The fourth-order valence-corrected chi connectivity index (χ4v) is 2.70. The number of hydrogen-bond acceptors (Lipinski definition) is 2. The van der Waals surface area contributed by atoms with Crippen molar-refractivity contribution < 1.29 is 22.8 Å². The van der Waals surface area contributed by atoms with Crippen LogP contribution in [0.15, 0.2) is 78.9 Å². The molecule has 3 rings (SSSR count). The number of nitrogens with zero attached hydrogens (tertiary/aromatic N) is 1. The van der Waals surface area contributed by atoms with Gasteiger partial charge in [0.2, 0.25) is 0 Å². The quantitative estimate of drug-likeness (QED) is 0.654. The van der Waals surface area contributed by atoms with Crippen molar-refractivity contribution in [1.82, 2.24) is 0 Å². The zero-order valence-corrected chi connectivity index (χ0v) is 15.4. The second-order valence-corrected chi connectivity index (χ2v) is 6.31. The predicted octanol–water partition coefficient (Wildman–Crippen LogP) is 5.23. The van der Waals surface area contributed by atoms with E-state index in [0.717, 1.165) is 12.1 Å². The van der Waals surface area contributed by atoms with Gasteiger partial charge < -0.3 is 10.2 Å². The Hall–Kier alpha value is -3.61. The molecule has 3 aromatic rings. The fourth-order valence-electron chi connectivity index (χ4n) is 2.70. The highest BCUT2D eigenvalue weighted by molar-refractivity contribution is 6.09. The summed E-state index contributed by atoms with van der Waals surface area (Å²) in [5.41, 5.74) is 0.666. The molecule has 0 aromatic heterocycles. The fraction of sp³-hybridized carbons (Fsp3) is 0.0909. The smallest absolute Gasteiger partial charge is 0.322 e. The molecule has 0 heterocycles. The SMILES string of the molecule is CN(C(=O)c1cccc(C(=O)Nc2ccc(C(F)(F)F)cc2)c1)c1ccccc1. The molecule has 0 saturated heterocycles. The first-order chi connectivity index (χ1) is 13.8. The number of carbonyl (C=O) groups excluding carboxylic acids is 2. The minimum absolute atomic E-state index is 0.220. The van der Waals surface area contributed by atoms with E-state index in [0.29, 0.717) is 11.3 Å². The Morgan fingerprint density at radius 3 is 2.07 bits per heavy atom. The van der Waals surface area contributed by atoms with Crippen molar-refractivity contribution in [1.29, 1.82) is 0 Å². The summed E-state index contributed by atoms with van der Waals surface area (Å²) in [4.78, 5) is 26.6. The van der Waals surface area contributed by atoms with E-state index in [9.17, 15) is 22.8 Å². The molecule has 3 aromatic carbocycles. The number of hydrogen-bond donors (Lipinski definition) is 1. The highest BCUT2D eigenvalue weighted by Gasteiger charge is 2.30. The second-order valence-electron chi connectivity index (χ2n) is 6.31. The first-order valence-corrected chi connectivity index (χ1v) is 8.67. The van der Waals surface area contributed by atoms with E-state index in [4.69, 9.17) is 0 Å². The van der Waals surface area contributed by atoms with Crippen LogP contribution < -0.4 is 10.2 Å². The Morgan fingerprint density at radius 1 is 0.828 bits per heavy atom. The van der Waals surface area contributed by atoms with Crippen LogP contribution in [-0.2, 0) is 6.18 Å². The lowest BCUT2D eigenvalue weighted by atomic mass is 10.1. The van der Waals surface area contributed by atoms with Crippen LogP contribution in [0.4, 0.5) is 24.5 Å². The number of halogens is 3. The Labute approximate surface area is 165 Å². The molecule has 0 saturated carbocycles. The van der Waals surface area contributed by atoms with Gasteiger partial charge in [-0.1, -0.05) is 24.3 Å². The molecule has 0 aliphatic rings. The predicted molar refractivity (Wildman–Crippen MR) is 105 cm³/mol. The van der Waals surface area contributed by atoms with Crippen LogP contribution in [0.2, 0.25) is 0 Å². The summed E-state index contributed by atoms with van der Waals surface area (Å²) >= 11 is 0. The van der Waals surface area contributed by atoms with E-state index < -0.39 is 17.6 Å². The van der Waals surface area contributed by atoms with Gasteiger partial charge in [-0.05, 0) is 54.6 Å². The third kappa shape index (κ3) is 4.82. The van der Waals surface area contributed by atoms with Crippen molar-refractivity contribution in [3.8, 4) is 0 Å². The molecule has 0 bridgehead atoms. The van der Waals surface area contributed by atoms with E-state index in [1.807, 2.05) is 18.2 Å². The number of nitrogens with one attached hydrogen (secondary N) is 1. The topological polar surface area (TPSA) is 49.4 Å². The molecule has 29 heavy (non-hydrogen) atoms. The monoisotopic (exact) mass is 398 g/mol. The van der Waals surface area contributed by atoms with Crippen LogP contribution >= 0.6 is 0 Å². The number of anilines is 2. The summed E-state index contributed by atoms with van der Waals surface area (Å²) in [6, 6.07) is 19.3. The minimum atomic E-state index is -4.44. The van der Waals surface area contributed by atoms with Gasteiger partial charge in [0, 0.05) is 29.5 Å². The molecule has 1 N–H and O–H groups in total. The van der Waals surface area contributed by atoms with Crippen LogP contribution in [0.1, 0.15) is 26.3 Å². The van der Waals surface area contributed by atoms with E-state index in [-0.39, 0.29) is 17.2 Å². The Morgan fingerprint density at radius 2 is 1.45 bits per heavy atom. The van der Waals surface area contributed by atoms with Crippen molar-refractivity contribution in [2.45, 2.75) is 6.18 Å². The molecule has 7 heteroatoms. The zero-order valence-electron chi connectivity index (χ0n) is 15.4. The van der Waals surface area contributed by atoms with Crippen LogP contribution in [0, 0.1) is 0 Å². The highest BCUT2D eigenvalue weighted by Crippen LogP contribution is 2.29. The Balaban J connectivity index is 1.75. The average molecular weight is 398 g/mol. The maximum absolute atomic E-state index is 12.7. The number of alkyl halides is 3. The number of rotatable bonds is 4. The summed E-state index contributed by atoms with van der Waals surface area (Å²) in [6.45, 7) is 0. The minimum Gasteiger partial charge on any atom is -0.322 e. The van der Waals surface area contributed by atoms with E-state index in [2.05, 4.69) is 5.32 Å². The third-order valence-electron chi connectivity index (χ3n) is 4.29. The van der Waals surface area contributed by atoms with E-state index in [1.54, 1.807) is 31.3 Å². The molecule has 0 fully saturated rings. The third-order valence-corrected chi connectivity index (χ3v) is 4.29. The number of benzene rings is 3. The maximum Gasteiger partial charge on any atom is 0.416 e. The Kier molecular flexibility index (Phi) is 5.68. The van der Waals surface area contributed by atoms with Crippen molar-refractivity contribution >= 4 is 23.2 Å². The second kappa shape index (κ2) is 8.18. The van der Waals surface area contributed by atoms with E-state index in [1.165, 1.54) is 29.2 Å². The van der Waals surface area contributed by atoms with Crippen molar-refractivity contribution in [2.24, 2.45) is 0 Å². The molecule has 0 aliphatic carbocycles. The summed E-state index contributed by atoms with van der Waals surface area (Å²) in [5, 5.41) is 2.53. The largest absolute Gasteiger partial charge is 0.416 e. The molecule has 0 radical (unpaired) electrons. The normalized spacial score (nSPS) is 11.0. The Bertz CT molecular complexity index is 1020. The molecule has 0 unspecified atom stereocenters. The van der Waals surface area contributed by atoms with Gasteiger partial charge in [-0.3, -0.25) is 9.59 Å². The maximum atomic E-state index is 12.7. The standard InChI is InChI=1S/C22H17F3N2O2/c1-27(19-8-3-2-4-9-19)21(29)16-7-5-6-15(14-16)20(28)26-18-12-10-17(11-13-18)22(23,24)25/h2-14H,1H3,(H,26,28). The van der Waals surface area contributed by atoms with E-state index >= 15 is 0 Å².